The molecule has 0 amide bonds. The van der Waals surface area contributed by atoms with Gasteiger partial charge in [0.05, 0.1) is 4.99 Å². The third kappa shape index (κ3) is 3.78. The van der Waals surface area contributed by atoms with E-state index in [1.165, 1.54) is 11.3 Å². The van der Waals surface area contributed by atoms with E-state index in [2.05, 4.69) is 4.72 Å². The molecular formula is C13H14N2O2S3. The van der Waals surface area contributed by atoms with Crippen LogP contribution in [0.2, 0.25) is 0 Å². The quantitative estimate of drug-likeness (QED) is 0.829. The van der Waals surface area contributed by atoms with Gasteiger partial charge >= 0.3 is 0 Å². The number of hydrogen-bond acceptors (Lipinski definition) is 4. The Kier molecular flexibility index (Phi) is 4.42. The number of anilines is 1. The summed E-state index contributed by atoms with van der Waals surface area (Å²) in [4.78, 5) is 1.37. The van der Waals surface area contributed by atoms with Crippen molar-refractivity contribution in [3.8, 4) is 0 Å². The lowest BCUT2D eigenvalue weighted by molar-refractivity contribution is 0.603. The van der Waals surface area contributed by atoms with Crippen molar-refractivity contribution in [1.29, 1.82) is 0 Å². The summed E-state index contributed by atoms with van der Waals surface area (Å²) in [6, 6.07) is 10.4. The normalized spacial score (nSPS) is 11.2. The Morgan fingerprint density at radius 2 is 1.90 bits per heavy atom. The van der Waals surface area contributed by atoms with Gasteiger partial charge in [0.2, 0.25) is 0 Å². The maximum absolute atomic E-state index is 12.1. The van der Waals surface area contributed by atoms with Crippen LogP contribution in [0.15, 0.2) is 40.6 Å². The molecule has 1 aromatic carbocycles. The molecular weight excluding hydrogens is 312 g/mol. The number of nitrogens with two attached hydrogens (primary N) is 1. The number of nitrogens with one attached hydrogen (secondary N) is 1. The van der Waals surface area contributed by atoms with Crippen molar-refractivity contribution in [3.63, 3.8) is 0 Å². The predicted molar refractivity (Wildman–Crippen MR) is 86.8 cm³/mol. The average Bonchev–Trinajstić information content (AvgIpc) is 2.78. The lowest BCUT2D eigenvalue weighted by Crippen LogP contribution is -2.12. The zero-order valence-electron chi connectivity index (χ0n) is 10.8. The smallest absolute Gasteiger partial charge is 0.271 e. The first-order valence-corrected chi connectivity index (χ1v) is 8.54. The highest BCUT2D eigenvalue weighted by Gasteiger charge is 2.16. The van der Waals surface area contributed by atoms with E-state index in [1.807, 2.05) is 6.92 Å². The van der Waals surface area contributed by atoms with E-state index >= 15 is 0 Å². The Labute approximate surface area is 127 Å². The number of thiocarbonyl (C=S) groups is 1. The van der Waals surface area contributed by atoms with Gasteiger partial charge in [0, 0.05) is 17.0 Å². The van der Waals surface area contributed by atoms with Gasteiger partial charge in [-0.1, -0.05) is 24.4 Å². The Morgan fingerprint density at radius 1 is 1.25 bits per heavy atom. The van der Waals surface area contributed by atoms with Crippen LogP contribution in [-0.4, -0.2) is 13.4 Å². The molecule has 0 saturated carbocycles. The number of hydrogen-bond donors (Lipinski definition) is 2. The number of sulfonamides is 1. The highest BCUT2D eigenvalue weighted by molar-refractivity contribution is 7.94. The number of rotatable bonds is 5. The van der Waals surface area contributed by atoms with Crippen LogP contribution in [0.5, 0.6) is 0 Å². The Hall–Kier alpha value is -1.44. The summed E-state index contributed by atoms with van der Waals surface area (Å²) >= 11 is 6.07. The molecule has 20 heavy (non-hydrogen) atoms. The van der Waals surface area contributed by atoms with E-state index in [0.29, 0.717) is 21.3 Å². The molecule has 0 atom stereocenters. The van der Waals surface area contributed by atoms with Gasteiger partial charge in [0.25, 0.3) is 10.0 Å². The number of benzene rings is 1. The van der Waals surface area contributed by atoms with E-state index in [-0.39, 0.29) is 0 Å². The van der Waals surface area contributed by atoms with Crippen molar-refractivity contribution in [2.24, 2.45) is 5.73 Å². The maximum Gasteiger partial charge on any atom is 0.271 e. The van der Waals surface area contributed by atoms with Gasteiger partial charge in [0.1, 0.15) is 4.21 Å². The molecule has 106 valence electrons. The SMILES string of the molecule is Cc1ccc(S(=O)(=O)Nc2ccc(CC(N)=S)cc2)s1. The van der Waals surface area contributed by atoms with Crippen molar-refractivity contribution < 1.29 is 8.42 Å². The van der Waals surface area contributed by atoms with Crippen LogP contribution in [0, 0.1) is 6.92 Å². The van der Waals surface area contributed by atoms with Crippen LogP contribution in [0.4, 0.5) is 5.69 Å². The minimum atomic E-state index is -3.51. The van der Waals surface area contributed by atoms with Crippen LogP contribution in [0.1, 0.15) is 10.4 Å². The van der Waals surface area contributed by atoms with Gasteiger partial charge in [-0.3, -0.25) is 4.72 Å². The van der Waals surface area contributed by atoms with Gasteiger partial charge in [-0.25, -0.2) is 8.42 Å². The van der Waals surface area contributed by atoms with Crippen LogP contribution >= 0.6 is 23.6 Å². The molecule has 0 aliphatic carbocycles. The van der Waals surface area contributed by atoms with E-state index in [1.54, 1.807) is 36.4 Å². The van der Waals surface area contributed by atoms with Gasteiger partial charge in [-0.15, -0.1) is 11.3 Å². The molecule has 0 fully saturated rings. The van der Waals surface area contributed by atoms with Crippen LogP contribution in [-0.2, 0) is 16.4 Å². The molecule has 2 rings (SSSR count). The summed E-state index contributed by atoms with van der Waals surface area (Å²) in [5.41, 5.74) is 6.93. The molecule has 7 heteroatoms. The van der Waals surface area contributed by atoms with E-state index in [0.717, 1.165) is 10.4 Å². The maximum atomic E-state index is 12.1. The summed E-state index contributed by atoms with van der Waals surface area (Å²) in [5.74, 6) is 0. The van der Waals surface area contributed by atoms with E-state index in [9.17, 15) is 8.42 Å². The number of aryl methyl sites for hydroxylation is 1. The van der Waals surface area contributed by atoms with Crippen molar-refractivity contribution in [3.05, 3.63) is 46.8 Å². The second kappa shape index (κ2) is 5.90. The van der Waals surface area contributed by atoms with Crippen molar-refractivity contribution in [1.82, 2.24) is 0 Å². The molecule has 0 saturated heterocycles. The zero-order chi connectivity index (χ0) is 14.8. The molecule has 0 spiro atoms. The van der Waals surface area contributed by atoms with Crippen molar-refractivity contribution in [2.45, 2.75) is 17.6 Å². The molecule has 4 nitrogen and oxygen atoms in total. The monoisotopic (exact) mass is 326 g/mol. The Bertz CT molecular complexity index is 718. The minimum Gasteiger partial charge on any atom is -0.393 e. The van der Waals surface area contributed by atoms with Gasteiger partial charge in [0.15, 0.2) is 0 Å². The van der Waals surface area contributed by atoms with Crippen LogP contribution in [0.25, 0.3) is 0 Å². The molecule has 0 bridgehead atoms. The zero-order valence-corrected chi connectivity index (χ0v) is 13.2. The minimum absolute atomic E-state index is 0.308. The van der Waals surface area contributed by atoms with Crippen molar-refractivity contribution >= 4 is 44.3 Å². The van der Waals surface area contributed by atoms with E-state index < -0.39 is 10.0 Å². The highest BCUT2D eigenvalue weighted by atomic mass is 32.2. The predicted octanol–water partition coefficient (Wildman–Crippen LogP) is 2.69. The molecule has 2 aromatic rings. The lowest BCUT2D eigenvalue weighted by atomic mass is 10.1. The largest absolute Gasteiger partial charge is 0.393 e. The molecule has 1 aromatic heterocycles. The first-order chi connectivity index (χ1) is 9.37. The third-order valence-electron chi connectivity index (χ3n) is 2.57. The standard InChI is InChI=1S/C13H14N2O2S3/c1-9-2-7-13(19-9)20(16,17)15-11-5-3-10(4-6-11)8-12(14)18/h2-7,15H,8H2,1H3,(H2,14,18). The molecule has 0 radical (unpaired) electrons. The summed E-state index contributed by atoms with van der Waals surface area (Å²) in [7, 11) is -3.51. The number of thiophene rings is 1. The summed E-state index contributed by atoms with van der Waals surface area (Å²) < 4.78 is 27.1. The molecule has 0 unspecified atom stereocenters. The Morgan fingerprint density at radius 3 is 2.40 bits per heavy atom. The fourth-order valence-electron chi connectivity index (χ4n) is 1.65. The van der Waals surface area contributed by atoms with Gasteiger partial charge in [-0.05, 0) is 36.8 Å². The fourth-order valence-corrected chi connectivity index (χ4v) is 4.16. The second-order valence-corrected chi connectivity index (χ2v) is 8.03. The summed E-state index contributed by atoms with van der Waals surface area (Å²) in [5, 5.41) is 0. The first kappa shape index (κ1) is 15.0. The first-order valence-electron chi connectivity index (χ1n) is 5.83. The lowest BCUT2D eigenvalue weighted by Gasteiger charge is -2.07. The van der Waals surface area contributed by atoms with Gasteiger partial charge < -0.3 is 5.73 Å². The second-order valence-electron chi connectivity index (χ2n) is 4.31. The highest BCUT2D eigenvalue weighted by Crippen LogP contribution is 2.23. The van der Waals surface area contributed by atoms with Gasteiger partial charge in [-0.2, -0.15) is 0 Å². The summed E-state index contributed by atoms with van der Waals surface area (Å²) in [6.07, 6.45) is 0.506. The topological polar surface area (TPSA) is 72.2 Å². The van der Waals surface area contributed by atoms with E-state index in [4.69, 9.17) is 18.0 Å². The molecule has 3 N–H and O–H groups in total. The molecule has 0 aliphatic heterocycles. The van der Waals surface area contributed by atoms with Crippen LogP contribution in [0.3, 0.4) is 0 Å². The van der Waals surface area contributed by atoms with Crippen LogP contribution < -0.4 is 10.5 Å². The van der Waals surface area contributed by atoms with Crippen molar-refractivity contribution in [2.75, 3.05) is 4.72 Å². The third-order valence-corrected chi connectivity index (χ3v) is 5.58. The summed E-state index contributed by atoms with van der Waals surface area (Å²) in [6.45, 7) is 1.87. The molecule has 0 aliphatic rings. The fraction of sp³-hybridized carbons (Fsp3) is 0.154. The average molecular weight is 326 g/mol. The Balaban J connectivity index is 2.15. The molecule has 1 heterocycles.